The van der Waals surface area contributed by atoms with Gasteiger partial charge in [-0.1, -0.05) is 59.3 Å². The lowest BCUT2D eigenvalue weighted by Crippen LogP contribution is -2.67. The molecule has 5 aliphatic carbocycles. The Hall–Kier alpha value is -2.47. The molecule has 0 bridgehead atoms. The zero-order chi connectivity index (χ0) is 42.0. The lowest BCUT2D eigenvalue weighted by Gasteiger charge is -2.69. The van der Waals surface area contributed by atoms with E-state index in [4.69, 9.17) is 18.9 Å². The maximum absolute atomic E-state index is 12.5. The highest BCUT2D eigenvalue weighted by Gasteiger charge is 2.67. The lowest BCUT2D eigenvalue weighted by molar-refractivity contribution is -0.371. The number of allylic oxidation sites excluding steroid dienone is 4. The summed E-state index contributed by atoms with van der Waals surface area (Å²) in [5.74, 6) is -3.67. The molecule has 0 aromatic heterocycles. The largest absolute Gasteiger partial charge is 0.481 e. The first-order valence-electron chi connectivity index (χ1n) is 20.5. The highest BCUT2D eigenvalue weighted by Crippen LogP contribution is 2.74. The average Bonchev–Trinajstić information content (AvgIpc) is 3.12. The normalized spacial score (nSPS) is 51.8. The van der Waals surface area contributed by atoms with Crippen LogP contribution in [0.15, 0.2) is 23.3 Å². The van der Waals surface area contributed by atoms with E-state index in [1.165, 1.54) is 11.1 Å². The molecule has 2 heterocycles. The van der Waals surface area contributed by atoms with Crippen molar-refractivity contribution >= 4 is 17.9 Å². The van der Waals surface area contributed by atoms with Crippen LogP contribution in [0.2, 0.25) is 0 Å². The third kappa shape index (κ3) is 6.27. The number of aliphatic hydroxyl groups excluding tert-OH is 5. The van der Waals surface area contributed by atoms with E-state index >= 15 is 0 Å². The number of ether oxygens (including phenoxy) is 4. The van der Waals surface area contributed by atoms with Gasteiger partial charge in [-0.25, -0.2) is 9.59 Å². The van der Waals surface area contributed by atoms with Gasteiger partial charge >= 0.3 is 17.9 Å². The van der Waals surface area contributed by atoms with Gasteiger partial charge in [-0.05, 0) is 109 Å². The minimum absolute atomic E-state index is 0.0257. The van der Waals surface area contributed by atoms with Crippen LogP contribution in [-0.4, -0.2) is 126 Å². The molecule has 18 atom stereocenters. The summed E-state index contributed by atoms with van der Waals surface area (Å²) >= 11 is 0. The van der Waals surface area contributed by atoms with E-state index in [2.05, 4.69) is 53.7 Å². The van der Waals surface area contributed by atoms with Crippen LogP contribution in [0.4, 0.5) is 0 Å². The quantitative estimate of drug-likeness (QED) is 0.172. The first-order chi connectivity index (χ1) is 26.4. The number of hydrogen-bond acceptors (Lipinski definition) is 12. The predicted octanol–water partition coefficient (Wildman–Crippen LogP) is 2.99. The van der Waals surface area contributed by atoms with Crippen molar-refractivity contribution in [3.05, 3.63) is 23.3 Å². The minimum atomic E-state index is -2.01. The SMILES string of the molecule is CC1(C)C(O[C@@H]2O[C@H](C(=O)O)[C@@H](O)[C@H](O)[C@H]2O[C@@H]2O[C@H](C(=O)O)[C@@H](O)[C@H](O)[C@H]2O)CC[C@@]2(C)C1CC[C@]1(C)C2C=CC2=C3C[C@@](C)(C(=O)O)CC[C@]3(C)CC[C@]21C. The van der Waals surface area contributed by atoms with Gasteiger partial charge in [0.25, 0.3) is 0 Å². The molecule has 8 N–H and O–H groups in total. The summed E-state index contributed by atoms with van der Waals surface area (Å²) in [6.07, 6.45) is -7.94. The molecule has 0 aromatic rings. The monoisotopic (exact) mass is 806 g/mol. The van der Waals surface area contributed by atoms with Crippen molar-refractivity contribution in [2.24, 2.45) is 44.3 Å². The van der Waals surface area contributed by atoms with Crippen molar-refractivity contribution in [3.63, 3.8) is 0 Å². The van der Waals surface area contributed by atoms with Crippen LogP contribution >= 0.6 is 0 Å². The average molecular weight is 807 g/mol. The van der Waals surface area contributed by atoms with Crippen LogP contribution in [0, 0.1) is 44.3 Å². The summed E-state index contributed by atoms with van der Waals surface area (Å²) in [4.78, 5) is 36.4. The van der Waals surface area contributed by atoms with Gasteiger partial charge in [0.1, 0.15) is 36.6 Å². The molecule has 3 unspecified atom stereocenters. The van der Waals surface area contributed by atoms with E-state index in [1.807, 2.05) is 6.92 Å². The van der Waals surface area contributed by atoms with Gasteiger partial charge in [0, 0.05) is 0 Å². The van der Waals surface area contributed by atoms with Gasteiger partial charge in [0.15, 0.2) is 24.8 Å². The van der Waals surface area contributed by atoms with Crippen molar-refractivity contribution < 1.29 is 74.2 Å². The Morgan fingerprint density at radius 1 is 0.684 bits per heavy atom. The van der Waals surface area contributed by atoms with Crippen molar-refractivity contribution in [3.8, 4) is 0 Å². The third-order valence-electron chi connectivity index (χ3n) is 16.9. The molecule has 15 heteroatoms. The Morgan fingerprint density at radius 2 is 1.28 bits per heavy atom. The number of hydrogen-bond donors (Lipinski definition) is 8. The number of rotatable bonds is 7. The van der Waals surface area contributed by atoms with Crippen molar-refractivity contribution in [1.29, 1.82) is 0 Å². The van der Waals surface area contributed by atoms with Crippen LogP contribution in [0.5, 0.6) is 0 Å². The molecule has 57 heavy (non-hydrogen) atoms. The number of fused-ring (bicyclic) bond motifs is 6. The molecule has 3 saturated carbocycles. The predicted molar refractivity (Wildman–Crippen MR) is 199 cm³/mol. The fourth-order valence-corrected chi connectivity index (χ4v) is 12.9. The summed E-state index contributed by atoms with van der Waals surface area (Å²) in [6.45, 7) is 15.6. The summed E-state index contributed by atoms with van der Waals surface area (Å²) in [7, 11) is 0. The summed E-state index contributed by atoms with van der Waals surface area (Å²) in [5.41, 5.74) is 0.770. The van der Waals surface area contributed by atoms with Crippen molar-refractivity contribution in [1.82, 2.24) is 0 Å². The first kappa shape index (κ1) is 42.6. The molecule has 0 radical (unpaired) electrons. The molecule has 15 nitrogen and oxygen atoms in total. The van der Waals surface area contributed by atoms with Gasteiger partial charge in [0.2, 0.25) is 0 Å². The zero-order valence-corrected chi connectivity index (χ0v) is 34.0. The zero-order valence-electron chi connectivity index (χ0n) is 34.0. The van der Waals surface area contributed by atoms with Crippen molar-refractivity contribution in [2.45, 2.75) is 174 Å². The highest BCUT2D eigenvalue weighted by molar-refractivity contribution is 5.75. The molecule has 7 rings (SSSR count). The summed E-state index contributed by atoms with van der Waals surface area (Å²) < 4.78 is 23.5. The first-order valence-corrected chi connectivity index (χ1v) is 20.5. The number of carboxylic acid groups (broad SMARTS) is 3. The Balaban J connectivity index is 1.17. The van der Waals surface area contributed by atoms with E-state index in [9.17, 15) is 55.2 Å². The van der Waals surface area contributed by atoms with Gasteiger partial charge < -0.3 is 59.8 Å². The van der Waals surface area contributed by atoms with E-state index in [1.54, 1.807) is 0 Å². The van der Waals surface area contributed by atoms with E-state index < -0.39 is 96.3 Å². The Kier molecular flexibility index (Phi) is 10.5. The molecular formula is C42H62O15. The van der Waals surface area contributed by atoms with E-state index in [-0.39, 0.29) is 33.5 Å². The molecule has 7 aliphatic rings. The number of carboxylic acids is 3. The highest BCUT2D eigenvalue weighted by atomic mass is 16.8. The molecule has 2 saturated heterocycles. The second-order valence-electron chi connectivity index (χ2n) is 20.2. The third-order valence-corrected chi connectivity index (χ3v) is 16.9. The van der Waals surface area contributed by atoms with Crippen LogP contribution in [0.3, 0.4) is 0 Å². The molecule has 0 amide bonds. The van der Waals surface area contributed by atoms with Gasteiger partial charge in [-0.3, -0.25) is 4.79 Å². The van der Waals surface area contributed by atoms with Gasteiger partial charge in [0.05, 0.1) is 11.5 Å². The minimum Gasteiger partial charge on any atom is -0.481 e. The van der Waals surface area contributed by atoms with Gasteiger partial charge in [-0.15, -0.1) is 0 Å². The Labute approximate surface area is 333 Å². The molecular weight excluding hydrogens is 744 g/mol. The second kappa shape index (κ2) is 14.1. The maximum Gasteiger partial charge on any atom is 0.335 e. The Morgan fingerprint density at radius 3 is 1.89 bits per heavy atom. The standard InChI is InChI=1S/C42H62O15/c1-37(2)21-10-13-42(7)22(9-8-19-20-18-39(4,36(52)53)15-14-38(20,3)16-17-41(19,42)6)40(21,5)12-11-23(37)54-35-31(27(46)26(45)30(56-35)33(50)51)57-34-28(47)24(43)25(44)29(55-34)32(48)49/h8-9,21-31,34-35,43-47H,10-18H2,1-7H3,(H,48,49)(H,50,51)(H,52,53)/t21?,22?,23?,24-,25-,26-,27-,28+,29-,30-,31+,34-,35+,38+,39-,40-,41+,42+/m0/s1. The molecule has 2 aliphatic heterocycles. The van der Waals surface area contributed by atoms with Crippen LogP contribution in [0.1, 0.15) is 106 Å². The van der Waals surface area contributed by atoms with Crippen LogP contribution in [0.25, 0.3) is 0 Å². The molecule has 0 aromatic carbocycles. The second-order valence-corrected chi connectivity index (χ2v) is 20.2. The smallest absolute Gasteiger partial charge is 0.335 e. The topological polar surface area (TPSA) is 250 Å². The lowest BCUT2D eigenvalue weighted by atomic mass is 9.35. The fourth-order valence-electron chi connectivity index (χ4n) is 12.9. The number of aliphatic hydroxyl groups is 5. The van der Waals surface area contributed by atoms with E-state index in [0.29, 0.717) is 19.3 Å². The molecule has 5 fully saturated rings. The van der Waals surface area contributed by atoms with Gasteiger partial charge in [-0.2, -0.15) is 0 Å². The fraction of sp³-hybridized carbons (Fsp3) is 0.833. The van der Waals surface area contributed by atoms with Crippen LogP contribution in [-0.2, 0) is 33.3 Å². The number of carbonyl (C=O) groups is 3. The van der Waals surface area contributed by atoms with Crippen LogP contribution < -0.4 is 0 Å². The maximum atomic E-state index is 12.5. The molecule has 320 valence electrons. The molecule has 0 spiro atoms. The summed E-state index contributed by atoms with van der Waals surface area (Å²) in [5, 5.41) is 83.0. The van der Waals surface area contributed by atoms with Crippen molar-refractivity contribution in [2.75, 3.05) is 0 Å². The number of aliphatic carboxylic acids is 3. The Bertz CT molecular complexity index is 1710. The van der Waals surface area contributed by atoms with E-state index in [0.717, 1.165) is 38.5 Å². The summed E-state index contributed by atoms with van der Waals surface area (Å²) in [6, 6.07) is 0.